The van der Waals surface area contributed by atoms with Crippen molar-refractivity contribution in [2.24, 2.45) is 0 Å². The molecule has 0 aliphatic rings. The molecule has 1 heterocycles. The van der Waals surface area contributed by atoms with Gasteiger partial charge in [0.15, 0.2) is 0 Å². The van der Waals surface area contributed by atoms with Gasteiger partial charge in [-0.3, -0.25) is 0 Å². The molecule has 7 heteroatoms. The van der Waals surface area contributed by atoms with E-state index in [0.29, 0.717) is 10.7 Å². The zero-order chi connectivity index (χ0) is 12.3. The normalized spacial score (nSPS) is 11.6. The largest absolute Gasteiger partial charge is 0.465 e. The van der Waals surface area contributed by atoms with Crippen LogP contribution in [-0.4, -0.2) is 24.2 Å². The van der Waals surface area contributed by atoms with E-state index in [9.17, 15) is 18.0 Å². The first-order valence-corrected chi connectivity index (χ1v) is 5.26. The first kappa shape index (κ1) is 13.0. The van der Waals surface area contributed by atoms with Crippen LogP contribution in [0.5, 0.6) is 0 Å². The molecule has 0 spiro atoms. The number of methoxy groups -OCH3 is 1. The number of ether oxygens (including phenoxy) is 1. The van der Waals surface area contributed by atoms with Gasteiger partial charge in [-0.1, -0.05) is 0 Å². The van der Waals surface area contributed by atoms with Crippen LogP contribution >= 0.6 is 11.3 Å². The van der Waals surface area contributed by atoms with E-state index in [2.05, 4.69) is 9.72 Å². The summed E-state index contributed by atoms with van der Waals surface area (Å²) in [5, 5.41) is 0.301. The molecule has 0 fully saturated rings. The molecule has 3 nitrogen and oxygen atoms in total. The predicted octanol–water partition coefficient (Wildman–Crippen LogP) is 2.73. The highest BCUT2D eigenvalue weighted by Crippen LogP contribution is 2.25. The Bertz CT molecular complexity index is 387. The average molecular weight is 253 g/mol. The minimum absolute atomic E-state index is 0.202. The number of nitrogens with zero attached hydrogens (tertiary/aromatic N) is 1. The number of aryl methyl sites for hydroxylation is 2. The summed E-state index contributed by atoms with van der Waals surface area (Å²) in [6, 6.07) is 0. The Balaban J connectivity index is 2.74. The minimum Gasteiger partial charge on any atom is -0.465 e. The van der Waals surface area contributed by atoms with Crippen molar-refractivity contribution in [2.45, 2.75) is 25.9 Å². The summed E-state index contributed by atoms with van der Waals surface area (Å²) < 4.78 is 40.4. The van der Waals surface area contributed by atoms with Crippen molar-refractivity contribution in [3.8, 4) is 0 Å². The maximum absolute atomic E-state index is 12.0. The van der Waals surface area contributed by atoms with Gasteiger partial charge in [0, 0.05) is 12.8 Å². The van der Waals surface area contributed by atoms with Crippen LogP contribution < -0.4 is 0 Å². The summed E-state index contributed by atoms with van der Waals surface area (Å²) in [5.41, 5.74) is 0.411. The number of esters is 1. The van der Waals surface area contributed by atoms with Crippen LogP contribution in [0.2, 0.25) is 0 Å². The molecule has 1 rings (SSSR count). The number of carbonyl (C=O) groups is 1. The molecule has 1 aromatic heterocycles. The van der Waals surface area contributed by atoms with E-state index >= 15 is 0 Å². The van der Waals surface area contributed by atoms with Crippen molar-refractivity contribution in [1.82, 2.24) is 4.98 Å². The molecule has 0 aliphatic carbocycles. The Morgan fingerprint density at radius 2 is 2.12 bits per heavy atom. The fourth-order valence-electron chi connectivity index (χ4n) is 1.09. The third kappa shape index (κ3) is 3.48. The van der Waals surface area contributed by atoms with Gasteiger partial charge in [0.05, 0.1) is 17.8 Å². The van der Waals surface area contributed by atoms with Crippen LogP contribution in [-0.2, 0) is 11.2 Å². The molecule has 0 saturated heterocycles. The van der Waals surface area contributed by atoms with Crippen LogP contribution in [0.1, 0.15) is 26.8 Å². The lowest BCUT2D eigenvalue weighted by molar-refractivity contribution is -0.134. The quantitative estimate of drug-likeness (QED) is 0.777. The minimum atomic E-state index is -4.20. The number of carbonyl (C=O) groups excluding carboxylic acids is 1. The van der Waals surface area contributed by atoms with Crippen LogP contribution in [0.4, 0.5) is 13.2 Å². The third-order valence-corrected chi connectivity index (χ3v) is 3.03. The Morgan fingerprint density at radius 1 is 1.50 bits per heavy atom. The Labute approximate surface area is 94.3 Å². The average Bonchev–Trinajstić information content (AvgIpc) is 2.55. The zero-order valence-corrected chi connectivity index (χ0v) is 9.54. The van der Waals surface area contributed by atoms with Crippen molar-refractivity contribution in [3.05, 3.63) is 15.6 Å². The molecule has 0 amide bonds. The lowest BCUT2D eigenvalue weighted by Crippen LogP contribution is -2.08. The van der Waals surface area contributed by atoms with E-state index in [1.54, 1.807) is 6.92 Å². The number of hydrogen-bond donors (Lipinski definition) is 0. The fraction of sp³-hybridized carbons (Fsp3) is 0.556. The first-order valence-electron chi connectivity index (χ1n) is 4.45. The Hall–Kier alpha value is -1.11. The van der Waals surface area contributed by atoms with E-state index in [0.717, 1.165) is 11.3 Å². The van der Waals surface area contributed by atoms with E-state index < -0.39 is 18.6 Å². The molecule has 0 aromatic carbocycles. The summed E-state index contributed by atoms with van der Waals surface area (Å²) >= 11 is 0.947. The number of halogens is 3. The molecule has 0 saturated carbocycles. The number of hydrogen-bond acceptors (Lipinski definition) is 4. The first-order chi connectivity index (χ1) is 7.33. The second-order valence-electron chi connectivity index (χ2n) is 3.13. The van der Waals surface area contributed by atoms with Gasteiger partial charge in [0.1, 0.15) is 4.88 Å². The highest BCUT2D eigenvalue weighted by atomic mass is 32.1. The number of aromatic nitrogens is 1. The molecule has 1 aromatic rings. The van der Waals surface area contributed by atoms with E-state index in [1.165, 1.54) is 7.11 Å². The van der Waals surface area contributed by atoms with Crippen LogP contribution in [0, 0.1) is 6.92 Å². The lowest BCUT2D eigenvalue weighted by atomic mass is 10.3. The Morgan fingerprint density at radius 3 is 2.62 bits per heavy atom. The van der Waals surface area contributed by atoms with Gasteiger partial charge in [0.2, 0.25) is 0 Å². The molecule has 90 valence electrons. The van der Waals surface area contributed by atoms with E-state index in [-0.39, 0.29) is 11.3 Å². The van der Waals surface area contributed by atoms with Crippen LogP contribution in [0.25, 0.3) is 0 Å². The van der Waals surface area contributed by atoms with Gasteiger partial charge in [-0.15, -0.1) is 11.3 Å². The molecule has 0 atom stereocenters. The summed E-state index contributed by atoms with van der Waals surface area (Å²) in [7, 11) is 1.22. The summed E-state index contributed by atoms with van der Waals surface area (Å²) in [5.74, 6) is -0.562. The zero-order valence-electron chi connectivity index (χ0n) is 8.72. The fourth-order valence-corrected chi connectivity index (χ4v) is 2.07. The highest BCUT2D eigenvalue weighted by molar-refractivity contribution is 7.13. The standard InChI is InChI=1S/C9H10F3NO2S/c1-5-7(8(14)15-2)16-6(13-5)3-4-9(10,11)12/h3-4H2,1-2H3. The highest BCUT2D eigenvalue weighted by Gasteiger charge is 2.27. The third-order valence-electron chi connectivity index (χ3n) is 1.83. The van der Waals surface area contributed by atoms with Gasteiger partial charge in [-0.2, -0.15) is 13.2 Å². The maximum Gasteiger partial charge on any atom is 0.389 e. The van der Waals surface area contributed by atoms with Crippen molar-refractivity contribution in [2.75, 3.05) is 7.11 Å². The van der Waals surface area contributed by atoms with Gasteiger partial charge >= 0.3 is 12.1 Å². The van der Waals surface area contributed by atoms with Crippen molar-refractivity contribution in [1.29, 1.82) is 0 Å². The summed E-state index contributed by atoms with van der Waals surface area (Å²) in [6.45, 7) is 1.57. The van der Waals surface area contributed by atoms with E-state index in [1.807, 2.05) is 0 Å². The monoisotopic (exact) mass is 253 g/mol. The molecular weight excluding hydrogens is 243 g/mol. The molecule has 0 bridgehead atoms. The van der Waals surface area contributed by atoms with Crippen LogP contribution in [0.3, 0.4) is 0 Å². The molecular formula is C9H10F3NO2S. The second-order valence-corrected chi connectivity index (χ2v) is 4.21. The van der Waals surface area contributed by atoms with Crippen molar-refractivity contribution >= 4 is 17.3 Å². The summed E-state index contributed by atoms with van der Waals surface area (Å²) in [4.78, 5) is 15.3. The SMILES string of the molecule is COC(=O)c1sc(CCC(F)(F)F)nc1C. The predicted molar refractivity (Wildman–Crippen MR) is 52.6 cm³/mol. The van der Waals surface area contributed by atoms with Gasteiger partial charge in [-0.25, -0.2) is 9.78 Å². The van der Waals surface area contributed by atoms with Crippen molar-refractivity contribution in [3.63, 3.8) is 0 Å². The molecule has 0 aliphatic heterocycles. The van der Waals surface area contributed by atoms with Gasteiger partial charge < -0.3 is 4.74 Å². The Kier molecular flexibility index (Phi) is 3.90. The van der Waals surface area contributed by atoms with Gasteiger partial charge in [-0.05, 0) is 6.92 Å². The molecule has 16 heavy (non-hydrogen) atoms. The molecule has 0 N–H and O–H groups in total. The second kappa shape index (κ2) is 4.82. The number of alkyl halides is 3. The summed E-state index contributed by atoms with van der Waals surface area (Å²) in [6.07, 6.45) is -5.34. The number of thiazole rings is 1. The van der Waals surface area contributed by atoms with E-state index in [4.69, 9.17) is 0 Å². The number of rotatable bonds is 3. The van der Waals surface area contributed by atoms with Gasteiger partial charge in [0.25, 0.3) is 0 Å². The van der Waals surface area contributed by atoms with Crippen LogP contribution in [0.15, 0.2) is 0 Å². The molecule has 0 unspecified atom stereocenters. The molecule has 0 radical (unpaired) electrons. The lowest BCUT2D eigenvalue weighted by Gasteiger charge is -2.02. The smallest absolute Gasteiger partial charge is 0.389 e. The topological polar surface area (TPSA) is 39.2 Å². The maximum atomic E-state index is 12.0. The van der Waals surface area contributed by atoms with Crippen molar-refractivity contribution < 1.29 is 22.7 Å².